The van der Waals surface area contributed by atoms with E-state index in [-0.39, 0.29) is 29.3 Å². The molecule has 4 nitrogen and oxygen atoms in total. The van der Waals surface area contributed by atoms with Gasteiger partial charge < -0.3 is 16.2 Å². The number of nitrogens with one attached hydrogen (secondary N) is 1. The molecule has 86 valence electrons. The minimum absolute atomic E-state index is 0.0643. The largest absolute Gasteiger partial charge is 0.507 e. The van der Waals surface area contributed by atoms with Crippen molar-refractivity contribution in [3.63, 3.8) is 0 Å². The van der Waals surface area contributed by atoms with Crippen molar-refractivity contribution < 1.29 is 9.90 Å². The highest BCUT2D eigenvalue weighted by Gasteiger charge is 2.28. The van der Waals surface area contributed by atoms with Gasteiger partial charge in [0.15, 0.2) is 0 Å². The van der Waals surface area contributed by atoms with E-state index < -0.39 is 0 Å². The van der Waals surface area contributed by atoms with Crippen molar-refractivity contribution in [1.82, 2.24) is 5.32 Å². The maximum absolute atomic E-state index is 11.8. The van der Waals surface area contributed by atoms with E-state index in [0.29, 0.717) is 5.02 Å². The molecule has 0 radical (unpaired) electrons. The van der Waals surface area contributed by atoms with E-state index in [4.69, 9.17) is 17.3 Å². The lowest BCUT2D eigenvalue weighted by atomic mass is 9.87. The van der Waals surface area contributed by atoms with Gasteiger partial charge in [0.1, 0.15) is 5.75 Å². The van der Waals surface area contributed by atoms with Gasteiger partial charge in [0.05, 0.1) is 5.56 Å². The lowest BCUT2D eigenvalue weighted by Crippen LogP contribution is -2.50. The van der Waals surface area contributed by atoms with E-state index in [1.807, 2.05) is 0 Å². The number of amides is 1. The minimum atomic E-state index is -0.308. The third-order valence-electron chi connectivity index (χ3n) is 2.71. The number of hydrogen-bond donors (Lipinski definition) is 3. The van der Waals surface area contributed by atoms with Crippen LogP contribution in [0.4, 0.5) is 0 Å². The molecule has 0 heterocycles. The lowest BCUT2D eigenvalue weighted by Gasteiger charge is -2.33. The van der Waals surface area contributed by atoms with Crippen molar-refractivity contribution in [2.24, 2.45) is 5.73 Å². The van der Waals surface area contributed by atoms with Crippen LogP contribution < -0.4 is 11.1 Å². The fraction of sp³-hybridized carbons (Fsp3) is 0.364. The molecule has 0 atom stereocenters. The first-order chi connectivity index (χ1) is 7.56. The molecule has 1 saturated carbocycles. The van der Waals surface area contributed by atoms with Crippen molar-refractivity contribution in [1.29, 1.82) is 0 Å². The van der Waals surface area contributed by atoms with Crippen LogP contribution in [0.2, 0.25) is 5.02 Å². The maximum Gasteiger partial charge on any atom is 0.255 e. The summed E-state index contributed by atoms with van der Waals surface area (Å²) in [5, 5.41) is 12.7. The van der Waals surface area contributed by atoms with E-state index in [9.17, 15) is 9.90 Å². The summed E-state index contributed by atoms with van der Waals surface area (Å²) in [6.45, 7) is 0. The van der Waals surface area contributed by atoms with Crippen molar-refractivity contribution >= 4 is 17.5 Å². The van der Waals surface area contributed by atoms with Gasteiger partial charge in [-0.15, -0.1) is 0 Å². The summed E-state index contributed by atoms with van der Waals surface area (Å²) in [5.41, 5.74) is 5.82. The van der Waals surface area contributed by atoms with Gasteiger partial charge in [-0.3, -0.25) is 4.79 Å². The Balaban J connectivity index is 2.05. The SMILES string of the molecule is NC1CC(NC(=O)c2cc(Cl)ccc2O)C1. The van der Waals surface area contributed by atoms with Crippen LogP contribution in [-0.4, -0.2) is 23.1 Å². The molecule has 2 rings (SSSR count). The Hall–Kier alpha value is -1.26. The number of phenolic OH excluding ortho intramolecular Hbond substituents is 1. The van der Waals surface area contributed by atoms with Gasteiger partial charge >= 0.3 is 0 Å². The average Bonchev–Trinajstić information content (AvgIpc) is 2.19. The Morgan fingerprint density at radius 2 is 2.19 bits per heavy atom. The highest BCUT2D eigenvalue weighted by atomic mass is 35.5. The zero-order valence-corrected chi connectivity index (χ0v) is 9.37. The van der Waals surface area contributed by atoms with Gasteiger partial charge in [0, 0.05) is 17.1 Å². The molecule has 1 aliphatic rings. The predicted molar refractivity (Wildman–Crippen MR) is 61.6 cm³/mol. The van der Waals surface area contributed by atoms with Crippen LogP contribution in [0.1, 0.15) is 23.2 Å². The van der Waals surface area contributed by atoms with E-state index in [0.717, 1.165) is 12.8 Å². The maximum atomic E-state index is 11.8. The van der Waals surface area contributed by atoms with Gasteiger partial charge in [0.25, 0.3) is 5.91 Å². The van der Waals surface area contributed by atoms with Crippen LogP contribution in [0.5, 0.6) is 5.75 Å². The topological polar surface area (TPSA) is 75.3 Å². The number of phenols is 1. The zero-order valence-electron chi connectivity index (χ0n) is 8.61. The summed E-state index contributed by atoms with van der Waals surface area (Å²) in [6.07, 6.45) is 1.57. The van der Waals surface area contributed by atoms with Crippen LogP contribution in [0.25, 0.3) is 0 Å². The Morgan fingerprint density at radius 1 is 1.50 bits per heavy atom. The van der Waals surface area contributed by atoms with Crippen LogP contribution in [0.15, 0.2) is 18.2 Å². The smallest absolute Gasteiger partial charge is 0.255 e. The minimum Gasteiger partial charge on any atom is -0.507 e. The molecule has 0 spiro atoms. The Labute approximate surface area is 98.4 Å². The molecule has 0 unspecified atom stereocenters. The molecule has 0 aromatic heterocycles. The first-order valence-electron chi connectivity index (χ1n) is 5.11. The molecule has 0 bridgehead atoms. The van der Waals surface area contributed by atoms with Crippen molar-refractivity contribution in [2.45, 2.75) is 24.9 Å². The number of carbonyl (C=O) groups excluding carboxylic acids is 1. The van der Waals surface area contributed by atoms with Crippen molar-refractivity contribution in [3.8, 4) is 5.75 Å². The van der Waals surface area contributed by atoms with Gasteiger partial charge in [-0.05, 0) is 31.0 Å². The molecule has 16 heavy (non-hydrogen) atoms. The summed E-state index contributed by atoms with van der Waals surface area (Å²) < 4.78 is 0. The molecular weight excluding hydrogens is 228 g/mol. The second-order valence-electron chi connectivity index (χ2n) is 4.06. The standard InChI is InChI=1S/C11H13ClN2O2/c12-6-1-2-10(15)9(3-6)11(16)14-8-4-7(13)5-8/h1-3,7-8,15H,4-5,13H2,(H,14,16). The number of halogens is 1. The molecular formula is C11H13ClN2O2. The lowest BCUT2D eigenvalue weighted by molar-refractivity contribution is 0.0907. The van der Waals surface area contributed by atoms with E-state index in [1.165, 1.54) is 18.2 Å². The molecule has 1 aromatic rings. The van der Waals surface area contributed by atoms with Crippen LogP contribution >= 0.6 is 11.6 Å². The van der Waals surface area contributed by atoms with Crippen molar-refractivity contribution in [2.75, 3.05) is 0 Å². The average molecular weight is 241 g/mol. The second kappa shape index (κ2) is 4.31. The Kier molecular flexibility index (Phi) is 3.03. The first kappa shape index (κ1) is 11.2. The van der Waals surface area contributed by atoms with E-state index >= 15 is 0 Å². The summed E-state index contributed by atoms with van der Waals surface area (Å²) in [5.74, 6) is -0.373. The molecule has 0 saturated heterocycles. The first-order valence-corrected chi connectivity index (χ1v) is 5.49. The molecule has 4 N–H and O–H groups in total. The molecule has 1 aliphatic carbocycles. The molecule has 0 aliphatic heterocycles. The Morgan fingerprint density at radius 3 is 2.81 bits per heavy atom. The summed E-state index contributed by atoms with van der Waals surface area (Å²) in [7, 11) is 0. The molecule has 1 amide bonds. The van der Waals surface area contributed by atoms with Crippen molar-refractivity contribution in [3.05, 3.63) is 28.8 Å². The highest BCUT2D eigenvalue weighted by molar-refractivity contribution is 6.31. The normalized spacial score (nSPS) is 23.6. The Bertz CT molecular complexity index is 416. The number of hydrogen-bond acceptors (Lipinski definition) is 3. The summed E-state index contributed by atoms with van der Waals surface area (Å²) >= 11 is 5.76. The summed E-state index contributed by atoms with van der Waals surface area (Å²) in [4.78, 5) is 11.8. The zero-order chi connectivity index (χ0) is 11.7. The van der Waals surface area contributed by atoms with Crippen LogP contribution in [-0.2, 0) is 0 Å². The molecule has 1 aromatic carbocycles. The third kappa shape index (κ3) is 2.28. The van der Waals surface area contributed by atoms with E-state index in [2.05, 4.69) is 5.32 Å². The van der Waals surface area contributed by atoms with Gasteiger partial charge in [0.2, 0.25) is 0 Å². The quantitative estimate of drug-likeness (QED) is 0.729. The second-order valence-corrected chi connectivity index (χ2v) is 4.50. The number of benzene rings is 1. The monoisotopic (exact) mass is 240 g/mol. The fourth-order valence-electron chi connectivity index (χ4n) is 1.73. The van der Waals surface area contributed by atoms with Gasteiger partial charge in [-0.25, -0.2) is 0 Å². The number of nitrogens with two attached hydrogens (primary N) is 1. The highest BCUT2D eigenvalue weighted by Crippen LogP contribution is 2.23. The van der Waals surface area contributed by atoms with Gasteiger partial charge in [-0.2, -0.15) is 0 Å². The van der Waals surface area contributed by atoms with E-state index in [1.54, 1.807) is 0 Å². The van der Waals surface area contributed by atoms with Crippen LogP contribution in [0, 0.1) is 0 Å². The fourth-order valence-corrected chi connectivity index (χ4v) is 1.91. The molecule has 1 fully saturated rings. The number of carbonyl (C=O) groups is 1. The number of aromatic hydroxyl groups is 1. The summed E-state index contributed by atoms with van der Waals surface area (Å²) in [6, 6.07) is 4.68. The van der Waals surface area contributed by atoms with Gasteiger partial charge in [-0.1, -0.05) is 11.6 Å². The number of rotatable bonds is 2. The predicted octanol–water partition coefficient (Wildman–Crippen LogP) is 1.27. The third-order valence-corrected chi connectivity index (χ3v) is 2.95. The molecule has 5 heteroatoms. The van der Waals surface area contributed by atoms with Crippen LogP contribution in [0.3, 0.4) is 0 Å².